The maximum Gasteiger partial charge on any atom is 0.338 e. The average Bonchev–Trinajstić information content (AvgIpc) is 3.11. The van der Waals surface area contributed by atoms with Crippen LogP contribution < -0.4 is 20.5 Å². The van der Waals surface area contributed by atoms with Crippen molar-refractivity contribution in [2.45, 2.75) is 5.92 Å². The Labute approximate surface area is 217 Å². The van der Waals surface area contributed by atoms with Gasteiger partial charge in [0.2, 0.25) is 0 Å². The fourth-order valence-corrected chi connectivity index (χ4v) is 5.77. The minimum Gasteiger partial charge on any atom is -0.466 e. The van der Waals surface area contributed by atoms with Crippen LogP contribution >= 0.6 is 57.7 Å². The summed E-state index contributed by atoms with van der Waals surface area (Å²) < 4.78 is 6.58. The molecule has 34 heavy (non-hydrogen) atoms. The van der Waals surface area contributed by atoms with E-state index in [0.29, 0.717) is 26.2 Å². The number of benzene rings is 2. The van der Waals surface area contributed by atoms with Gasteiger partial charge in [-0.15, -0.1) is 11.3 Å². The van der Waals surface area contributed by atoms with E-state index in [2.05, 4.69) is 6.07 Å². The number of ether oxygens (including phenoxy) is 1. The van der Waals surface area contributed by atoms with Crippen molar-refractivity contribution in [1.82, 2.24) is 4.57 Å². The molecule has 11 heteroatoms. The third-order valence-corrected chi connectivity index (χ3v) is 7.43. The van der Waals surface area contributed by atoms with Crippen LogP contribution in [0.1, 0.15) is 17.0 Å². The van der Waals surface area contributed by atoms with Crippen molar-refractivity contribution in [2.75, 3.05) is 7.11 Å². The number of methoxy groups -OCH3 is 1. The highest BCUT2D eigenvalue weighted by Crippen LogP contribution is 2.40. The Morgan fingerprint density at radius 1 is 1.15 bits per heavy atom. The summed E-state index contributed by atoms with van der Waals surface area (Å²) in [5.74, 6) is -1.91. The van der Waals surface area contributed by atoms with Gasteiger partial charge in [-0.2, -0.15) is 5.26 Å². The predicted octanol–water partition coefficient (Wildman–Crippen LogP) is 4.12. The molecule has 0 amide bonds. The van der Waals surface area contributed by atoms with E-state index in [1.807, 2.05) is 0 Å². The van der Waals surface area contributed by atoms with Crippen molar-refractivity contribution in [2.24, 2.45) is 5.73 Å². The van der Waals surface area contributed by atoms with E-state index in [1.54, 1.807) is 36.4 Å². The summed E-state index contributed by atoms with van der Waals surface area (Å²) in [7, 11) is 1.18. The third-order valence-electron chi connectivity index (χ3n) is 5.20. The first kappa shape index (κ1) is 24.4. The second-order valence-electron chi connectivity index (χ2n) is 7.14. The lowest BCUT2D eigenvalue weighted by Gasteiger charge is -2.25. The summed E-state index contributed by atoms with van der Waals surface area (Å²) in [5.41, 5.74) is 6.84. The Balaban J connectivity index is 2.10. The topological polar surface area (TPSA) is 98.1 Å². The van der Waals surface area contributed by atoms with Gasteiger partial charge in [-0.25, -0.2) is 4.79 Å². The molecule has 0 spiro atoms. The van der Waals surface area contributed by atoms with E-state index in [4.69, 9.17) is 56.9 Å². The number of aromatic nitrogens is 1. The standard InChI is InChI=1S/C23H13Cl4N3O3S/c1-33-23(32)19-18(13-5-4-12(25)8-16(13)27)14(9-28)22-30(20(19)29)21(31)17(34-22)6-10-2-3-11(24)7-15(10)26/h2-8,18H,29H2,1H3/b17-6+/t18-/m0/s1. The molecule has 2 heterocycles. The van der Waals surface area contributed by atoms with Crippen LogP contribution in [0, 0.1) is 11.3 Å². The number of rotatable bonds is 3. The number of nitriles is 1. The summed E-state index contributed by atoms with van der Waals surface area (Å²) >= 11 is 25.7. The van der Waals surface area contributed by atoms with E-state index in [-0.39, 0.29) is 31.2 Å². The number of hydrogen-bond donors (Lipinski definition) is 1. The lowest BCUT2D eigenvalue weighted by Crippen LogP contribution is -2.40. The number of fused-ring (bicyclic) bond motifs is 1. The Morgan fingerprint density at radius 3 is 2.38 bits per heavy atom. The molecule has 1 aliphatic heterocycles. The lowest BCUT2D eigenvalue weighted by atomic mass is 9.84. The SMILES string of the molecule is COC(=O)C1=C(N)n2c(s/c(=C/c3ccc(Cl)cc3Cl)c2=O)=C(C#N)[C@@H]1c1ccc(Cl)cc1Cl. The number of carbonyl (C=O) groups is 1. The van der Waals surface area contributed by atoms with E-state index >= 15 is 0 Å². The first-order chi connectivity index (χ1) is 16.2. The zero-order valence-electron chi connectivity index (χ0n) is 17.2. The smallest absolute Gasteiger partial charge is 0.338 e. The van der Waals surface area contributed by atoms with E-state index in [9.17, 15) is 14.9 Å². The Bertz CT molecular complexity index is 1620. The molecule has 172 valence electrons. The number of thiazole rings is 1. The van der Waals surface area contributed by atoms with Crippen molar-refractivity contribution < 1.29 is 9.53 Å². The fraction of sp³-hybridized carbons (Fsp3) is 0.0870. The summed E-state index contributed by atoms with van der Waals surface area (Å²) in [6.07, 6.45) is 1.57. The molecule has 1 aromatic heterocycles. The van der Waals surface area contributed by atoms with Gasteiger partial charge in [-0.1, -0.05) is 58.5 Å². The quantitative estimate of drug-likeness (QED) is 0.493. The number of esters is 1. The molecule has 0 bridgehead atoms. The summed E-state index contributed by atoms with van der Waals surface area (Å²) in [4.78, 5) is 26.1. The normalized spacial score (nSPS) is 15.8. The Kier molecular flexibility index (Phi) is 6.81. The Morgan fingerprint density at radius 2 is 1.79 bits per heavy atom. The van der Waals surface area contributed by atoms with Gasteiger partial charge in [0, 0.05) is 20.1 Å². The number of carbonyl (C=O) groups excluding carboxylic acids is 1. The molecular formula is C23H13Cl4N3O3S. The first-order valence-electron chi connectivity index (χ1n) is 9.54. The molecule has 0 saturated heterocycles. The first-order valence-corrected chi connectivity index (χ1v) is 11.9. The van der Waals surface area contributed by atoms with Gasteiger partial charge in [0.15, 0.2) is 0 Å². The van der Waals surface area contributed by atoms with E-state index < -0.39 is 17.4 Å². The van der Waals surface area contributed by atoms with Crippen LogP contribution in [-0.4, -0.2) is 17.6 Å². The van der Waals surface area contributed by atoms with Crippen molar-refractivity contribution in [3.05, 3.63) is 92.7 Å². The highest BCUT2D eigenvalue weighted by Gasteiger charge is 2.37. The molecule has 6 nitrogen and oxygen atoms in total. The Hall–Kier alpha value is -2.73. The summed E-state index contributed by atoms with van der Waals surface area (Å²) in [5, 5.41) is 11.5. The second kappa shape index (κ2) is 9.49. The van der Waals surface area contributed by atoms with Crippen LogP contribution in [0.25, 0.3) is 17.5 Å². The highest BCUT2D eigenvalue weighted by atomic mass is 35.5. The van der Waals surface area contributed by atoms with Gasteiger partial charge in [0.25, 0.3) is 5.56 Å². The van der Waals surface area contributed by atoms with Crippen LogP contribution in [0.2, 0.25) is 20.1 Å². The van der Waals surface area contributed by atoms with Crippen molar-refractivity contribution in [3.63, 3.8) is 0 Å². The molecule has 0 radical (unpaired) electrons. The molecule has 3 aromatic rings. The fourth-order valence-electron chi connectivity index (χ4n) is 3.67. The predicted molar refractivity (Wildman–Crippen MR) is 136 cm³/mol. The highest BCUT2D eigenvalue weighted by molar-refractivity contribution is 7.07. The molecule has 4 rings (SSSR count). The molecule has 1 atom stereocenters. The second-order valence-corrected chi connectivity index (χ2v) is 9.85. The van der Waals surface area contributed by atoms with E-state index in [0.717, 1.165) is 15.9 Å². The number of nitrogens with zero attached hydrogens (tertiary/aromatic N) is 2. The van der Waals surface area contributed by atoms with Gasteiger partial charge in [-0.05, 0) is 41.5 Å². The molecule has 0 fully saturated rings. The van der Waals surface area contributed by atoms with Crippen LogP contribution in [0.15, 0.2) is 46.8 Å². The van der Waals surface area contributed by atoms with Gasteiger partial charge in [-0.3, -0.25) is 9.36 Å². The zero-order valence-corrected chi connectivity index (χ0v) is 21.1. The van der Waals surface area contributed by atoms with Crippen molar-refractivity contribution in [1.29, 1.82) is 5.26 Å². The summed E-state index contributed by atoms with van der Waals surface area (Å²) in [6.45, 7) is 0. The minimum absolute atomic E-state index is 0.0771. The third kappa shape index (κ3) is 4.13. The van der Waals surface area contributed by atoms with Crippen LogP contribution in [0.4, 0.5) is 0 Å². The zero-order chi connectivity index (χ0) is 24.7. The lowest BCUT2D eigenvalue weighted by molar-refractivity contribution is -0.136. The van der Waals surface area contributed by atoms with Gasteiger partial charge < -0.3 is 10.5 Å². The number of halogens is 4. The number of hydrogen-bond acceptors (Lipinski definition) is 6. The molecule has 2 N–H and O–H groups in total. The van der Waals surface area contributed by atoms with Gasteiger partial charge >= 0.3 is 5.97 Å². The maximum absolute atomic E-state index is 13.3. The number of nitrogens with two attached hydrogens (primary N) is 1. The molecule has 0 saturated carbocycles. The van der Waals surface area contributed by atoms with Gasteiger partial charge in [0.1, 0.15) is 10.5 Å². The molecule has 1 aliphatic rings. The molecule has 0 unspecified atom stereocenters. The van der Waals surface area contributed by atoms with Crippen molar-refractivity contribution >= 4 is 81.2 Å². The molecule has 0 aliphatic carbocycles. The van der Waals surface area contributed by atoms with Crippen LogP contribution in [0.3, 0.4) is 0 Å². The average molecular weight is 553 g/mol. The van der Waals surface area contributed by atoms with E-state index in [1.165, 1.54) is 13.2 Å². The van der Waals surface area contributed by atoms with Gasteiger partial charge in [0.05, 0.1) is 34.8 Å². The largest absolute Gasteiger partial charge is 0.466 e. The monoisotopic (exact) mass is 551 g/mol. The molecule has 2 aromatic carbocycles. The summed E-state index contributed by atoms with van der Waals surface area (Å²) in [6, 6.07) is 11.7. The maximum atomic E-state index is 13.3. The van der Waals surface area contributed by atoms with Crippen LogP contribution in [-0.2, 0) is 9.53 Å². The molecular weight excluding hydrogens is 540 g/mol. The van der Waals surface area contributed by atoms with Crippen molar-refractivity contribution in [3.8, 4) is 6.07 Å². The minimum atomic E-state index is -0.966. The van der Waals surface area contributed by atoms with Crippen LogP contribution in [0.5, 0.6) is 0 Å².